The second kappa shape index (κ2) is 4.70. The van der Waals surface area contributed by atoms with E-state index in [1.54, 1.807) is 4.68 Å². The van der Waals surface area contributed by atoms with Crippen LogP contribution >= 0.6 is 15.9 Å². The molecule has 98 valence electrons. The standard InChI is InChI=1S/C13H13BrN4O/c14-10-11(12(15)19)17-18-7-9(6-16-13(10)18)8-4-2-1-3-5-8/h1-5,9,16H,6-7H2,(H2,15,19). The Morgan fingerprint density at radius 2 is 2.16 bits per heavy atom. The minimum Gasteiger partial charge on any atom is -0.369 e. The van der Waals surface area contributed by atoms with Gasteiger partial charge in [0, 0.05) is 12.5 Å². The van der Waals surface area contributed by atoms with E-state index >= 15 is 0 Å². The molecule has 2 heterocycles. The van der Waals surface area contributed by atoms with Crippen LogP contribution < -0.4 is 11.1 Å². The van der Waals surface area contributed by atoms with Gasteiger partial charge in [0.1, 0.15) is 5.82 Å². The highest BCUT2D eigenvalue weighted by atomic mass is 79.9. The van der Waals surface area contributed by atoms with Crippen LogP contribution in [0.1, 0.15) is 22.0 Å². The van der Waals surface area contributed by atoms with Gasteiger partial charge in [-0.1, -0.05) is 30.3 Å². The van der Waals surface area contributed by atoms with Gasteiger partial charge in [-0.05, 0) is 21.5 Å². The van der Waals surface area contributed by atoms with Crippen molar-refractivity contribution in [2.75, 3.05) is 11.9 Å². The third-order valence-electron chi connectivity index (χ3n) is 3.31. The average molecular weight is 321 g/mol. The van der Waals surface area contributed by atoms with Crippen molar-refractivity contribution in [1.29, 1.82) is 0 Å². The molecular weight excluding hydrogens is 308 g/mol. The number of nitrogens with one attached hydrogen (secondary N) is 1. The molecule has 0 fully saturated rings. The molecule has 2 aromatic rings. The summed E-state index contributed by atoms with van der Waals surface area (Å²) in [4.78, 5) is 11.3. The Bertz CT molecular complexity index is 623. The lowest BCUT2D eigenvalue weighted by atomic mass is 9.98. The first kappa shape index (κ1) is 12.2. The van der Waals surface area contributed by atoms with E-state index in [-0.39, 0.29) is 5.69 Å². The molecule has 3 rings (SSSR count). The maximum absolute atomic E-state index is 11.3. The van der Waals surface area contributed by atoms with Gasteiger partial charge in [0.25, 0.3) is 5.91 Å². The van der Waals surface area contributed by atoms with Crippen LogP contribution in [0.25, 0.3) is 0 Å². The fraction of sp³-hybridized carbons (Fsp3) is 0.231. The molecule has 1 atom stereocenters. The predicted molar refractivity (Wildman–Crippen MR) is 76.1 cm³/mol. The Labute approximate surface area is 118 Å². The predicted octanol–water partition coefficient (Wildman–Crippen LogP) is 1.95. The number of carbonyl (C=O) groups is 1. The van der Waals surface area contributed by atoms with Gasteiger partial charge < -0.3 is 11.1 Å². The molecule has 3 N–H and O–H groups in total. The monoisotopic (exact) mass is 320 g/mol. The number of hydrogen-bond acceptors (Lipinski definition) is 3. The first-order chi connectivity index (χ1) is 9.16. The third kappa shape index (κ3) is 2.12. The van der Waals surface area contributed by atoms with Crippen LogP contribution in [0.4, 0.5) is 5.82 Å². The highest BCUT2D eigenvalue weighted by Gasteiger charge is 2.26. The van der Waals surface area contributed by atoms with Crippen LogP contribution in [0.15, 0.2) is 34.8 Å². The molecule has 1 unspecified atom stereocenters. The van der Waals surface area contributed by atoms with Crippen LogP contribution in [-0.4, -0.2) is 22.2 Å². The molecule has 0 saturated carbocycles. The van der Waals surface area contributed by atoms with Crippen LogP contribution in [0, 0.1) is 0 Å². The van der Waals surface area contributed by atoms with Crippen molar-refractivity contribution in [3.8, 4) is 0 Å². The quantitative estimate of drug-likeness (QED) is 0.888. The Morgan fingerprint density at radius 3 is 2.84 bits per heavy atom. The van der Waals surface area contributed by atoms with Crippen molar-refractivity contribution < 1.29 is 4.79 Å². The molecule has 0 aliphatic carbocycles. The SMILES string of the molecule is NC(=O)c1nn2c(c1Br)NCC(c1ccccc1)C2. The van der Waals surface area contributed by atoms with Crippen LogP contribution in [0.5, 0.6) is 0 Å². The number of primary amides is 1. The minimum absolute atomic E-state index is 0.274. The van der Waals surface area contributed by atoms with Crippen molar-refractivity contribution in [1.82, 2.24) is 9.78 Å². The van der Waals surface area contributed by atoms with Crippen molar-refractivity contribution >= 4 is 27.7 Å². The summed E-state index contributed by atoms with van der Waals surface area (Å²) in [6.45, 7) is 1.55. The van der Waals surface area contributed by atoms with E-state index in [2.05, 4.69) is 38.5 Å². The summed E-state index contributed by atoms with van der Waals surface area (Å²) >= 11 is 3.37. The first-order valence-corrected chi connectivity index (χ1v) is 6.81. The molecule has 1 aliphatic heterocycles. The van der Waals surface area contributed by atoms with Gasteiger partial charge in [-0.25, -0.2) is 4.68 Å². The summed E-state index contributed by atoms with van der Waals surface area (Å²) in [6.07, 6.45) is 0. The highest BCUT2D eigenvalue weighted by Crippen LogP contribution is 2.32. The Morgan fingerprint density at radius 1 is 1.42 bits per heavy atom. The molecule has 5 nitrogen and oxygen atoms in total. The van der Waals surface area contributed by atoms with Gasteiger partial charge in [-0.3, -0.25) is 4.79 Å². The Hall–Kier alpha value is -1.82. The van der Waals surface area contributed by atoms with E-state index in [1.807, 2.05) is 18.2 Å². The topological polar surface area (TPSA) is 72.9 Å². The number of hydrogen-bond donors (Lipinski definition) is 2. The molecule has 1 amide bonds. The molecule has 0 saturated heterocycles. The Balaban J connectivity index is 1.93. The molecule has 0 spiro atoms. The van der Waals surface area contributed by atoms with E-state index in [9.17, 15) is 4.79 Å². The molecule has 1 aromatic heterocycles. The number of anilines is 1. The lowest BCUT2D eigenvalue weighted by molar-refractivity contribution is 0.0994. The maximum atomic E-state index is 11.3. The zero-order chi connectivity index (χ0) is 13.4. The zero-order valence-corrected chi connectivity index (χ0v) is 11.7. The fourth-order valence-corrected chi connectivity index (χ4v) is 2.96. The van der Waals surface area contributed by atoms with Crippen LogP contribution in [0.3, 0.4) is 0 Å². The third-order valence-corrected chi connectivity index (χ3v) is 4.06. The van der Waals surface area contributed by atoms with Gasteiger partial charge in [-0.2, -0.15) is 5.10 Å². The van der Waals surface area contributed by atoms with Gasteiger partial charge in [0.15, 0.2) is 5.69 Å². The van der Waals surface area contributed by atoms with E-state index in [4.69, 9.17) is 5.73 Å². The molecular formula is C13H13BrN4O. The molecule has 0 radical (unpaired) electrons. The lowest BCUT2D eigenvalue weighted by Gasteiger charge is -2.25. The summed E-state index contributed by atoms with van der Waals surface area (Å²) in [5.74, 6) is 0.633. The van der Waals surface area contributed by atoms with Crippen molar-refractivity contribution in [3.63, 3.8) is 0 Å². The van der Waals surface area contributed by atoms with Crippen molar-refractivity contribution in [2.24, 2.45) is 5.73 Å². The fourth-order valence-electron chi connectivity index (χ4n) is 2.34. The van der Waals surface area contributed by atoms with Gasteiger partial charge in [0.05, 0.1) is 11.0 Å². The summed E-state index contributed by atoms with van der Waals surface area (Å²) in [5.41, 5.74) is 6.83. The minimum atomic E-state index is -0.521. The van der Waals surface area contributed by atoms with Gasteiger partial charge in [-0.15, -0.1) is 0 Å². The number of nitrogens with two attached hydrogens (primary N) is 1. The number of carbonyl (C=O) groups excluding carboxylic acids is 1. The largest absolute Gasteiger partial charge is 0.369 e. The molecule has 0 bridgehead atoms. The van der Waals surface area contributed by atoms with E-state index in [1.165, 1.54) is 5.56 Å². The smallest absolute Gasteiger partial charge is 0.270 e. The Kier molecular flexibility index (Phi) is 3.02. The number of halogens is 1. The van der Waals surface area contributed by atoms with Crippen molar-refractivity contribution in [3.05, 3.63) is 46.1 Å². The van der Waals surface area contributed by atoms with Crippen molar-refractivity contribution in [2.45, 2.75) is 12.5 Å². The van der Waals surface area contributed by atoms with Crippen LogP contribution in [0.2, 0.25) is 0 Å². The molecule has 6 heteroatoms. The second-order valence-corrected chi connectivity index (χ2v) is 5.34. The molecule has 1 aliphatic rings. The number of benzene rings is 1. The van der Waals surface area contributed by atoms with E-state index in [0.29, 0.717) is 10.4 Å². The second-order valence-electron chi connectivity index (χ2n) is 4.55. The number of nitrogens with zero attached hydrogens (tertiary/aromatic N) is 2. The summed E-state index contributed by atoms with van der Waals surface area (Å²) in [7, 11) is 0. The zero-order valence-electron chi connectivity index (χ0n) is 10.1. The normalized spacial score (nSPS) is 17.6. The number of fused-ring (bicyclic) bond motifs is 1. The summed E-state index contributed by atoms with van der Waals surface area (Å²) in [6, 6.07) is 10.3. The molecule has 1 aromatic carbocycles. The van der Waals surface area contributed by atoms with Crippen LogP contribution in [-0.2, 0) is 6.54 Å². The number of amides is 1. The first-order valence-electron chi connectivity index (χ1n) is 6.01. The number of rotatable bonds is 2. The average Bonchev–Trinajstić information content (AvgIpc) is 2.77. The number of aromatic nitrogens is 2. The van der Waals surface area contributed by atoms with E-state index < -0.39 is 5.91 Å². The van der Waals surface area contributed by atoms with Gasteiger partial charge >= 0.3 is 0 Å². The molecule has 19 heavy (non-hydrogen) atoms. The summed E-state index contributed by atoms with van der Waals surface area (Å²) < 4.78 is 2.44. The summed E-state index contributed by atoms with van der Waals surface area (Å²) in [5, 5.41) is 7.56. The lowest BCUT2D eigenvalue weighted by Crippen LogP contribution is -2.26. The highest BCUT2D eigenvalue weighted by molar-refractivity contribution is 9.10. The maximum Gasteiger partial charge on any atom is 0.270 e. The van der Waals surface area contributed by atoms with Gasteiger partial charge in [0.2, 0.25) is 0 Å². The van der Waals surface area contributed by atoms with E-state index in [0.717, 1.165) is 18.9 Å².